The highest BCUT2D eigenvalue weighted by molar-refractivity contribution is 4.94. The standard InChI is InChI=1S/C10H20N2O/c11-7-10(13)5-6-12(8-10)9-3-1-2-4-9/h9,13H,1-8,11H2. The zero-order valence-corrected chi connectivity index (χ0v) is 8.21. The largest absolute Gasteiger partial charge is 0.387 e. The third-order valence-corrected chi connectivity index (χ3v) is 3.58. The van der Waals surface area contributed by atoms with Crippen LogP contribution in [0.5, 0.6) is 0 Å². The second-order valence-electron chi connectivity index (χ2n) is 4.59. The Morgan fingerprint density at radius 2 is 2.08 bits per heavy atom. The van der Waals surface area contributed by atoms with E-state index in [2.05, 4.69) is 4.90 Å². The lowest BCUT2D eigenvalue weighted by Gasteiger charge is -2.25. The SMILES string of the molecule is NCC1(O)CCN(C2CCCC2)C1. The van der Waals surface area contributed by atoms with Crippen molar-refractivity contribution in [1.29, 1.82) is 0 Å². The fourth-order valence-electron chi connectivity index (χ4n) is 2.64. The molecule has 1 saturated heterocycles. The van der Waals surface area contributed by atoms with Gasteiger partial charge in [-0.2, -0.15) is 0 Å². The third kappa shape index (κ3) is 1.87. The van der Waals surface area contributed by atoms with Crippen molar-refractivity contribution in [3.8, 4) is 0 Å². The zero-order chi connectivity index (χ0) is 9.31. The summed E-state index contributed by atoms with van der Waals surface area (Å²) in [5, 5.41) is 9.96. The van der Waals surface area contributed by atoms with Gasteiger partial charge in [0.25, 0.3) is 0 Å². The normalized spacial score (nSPS) is 37.4. The van der Waals surface area contributed by atoms with Crippen LogP contribution in [0.25, 0.3) is 0 Å². The van der Waals surface area contributed by atoms with Gasteiger partial charge in [0, 0.05) is 25.7 Å². The Bertz CT molecular complexity index is 180. The van der Waals surface area contributed by atoms with E-state index in [0.717, 1.165) is 25.6 Å². The highest BCUT2D eigenvalue weighted by Gasteiger charge is 2.38. The molecule has 0 aromatic carbocycles. The summed E-state index contributed by atoms with van der Waals surface area (Å²) in [6, 6.07) is 0.737. The van der Waals surface area contributed by atoms with Crippen LogP contribution in [0.2, 0.25) is 0 Å². The maximum Gasteiger partial charge on any atom is 0.0907 e. The molecule has 0 radical (unpaired) electrons. The highest BCUT2D eigenvalue weighted by atomic mass is 16.3. The third-order valence-electron chi connectivity index (χ3n) is 3.58. The first-order chi connectivity index (χ1) is 6.23. The zero-order valence-electron chi connectivity index (χ0n) is 8.21. The summed E-state index contributed by atoms with van der Waals surface area (Å²) in [6.45, 7) is 2.25. The number of β-amino-alcohol motifs (C(OH)–C–C–N with tert-alkyl or cyclic N) is 1. The molecule has 1 atom stereocenters. The second kappa shape index (κ2) is 3.56. The molecule has 3 N–H and O–H groups in total. The van der Waals surface area contributed by atoms with E-state index in [0.29, 0.717) is 6.54 Å². The van der Waals surface area contributed by atoms with Gasteiger partial charge in [0.1, 0.15) is 0 Å². The van der Waals surface area contributed by atoms with Crippen LogP contribution in [-0.2, 0) is 0 Å². The monoisotopic (exact) mass is 184 g/mol. The van der Waals surface area contributed by atoms with Crippen LogP contribution >= 0.6 is 0 Å². The fraction of sp³-hybridized carbons (Fsp3) is 1.00. The molecule has 2 fully saturated rings. The van der Waals surface area contributed by atoms with Gasteiger partial charge in [-0.1, -0.05) is 12.8 Å². The summed E-state index contributed by atoms with van der Waals surface area (Å²) in [6.07, 6.45) is 6.23. The van der Waals surface area contributed by atoms with Gasteiger partial charge >= 0.3 is 0 Å². The molecule has 2 rings (SSSR count). The molecule has 1 saturated carbocycles. The predicted octanol–water partition coefficient (Wildman–Crippen LogP) is 0.324. The van der Waals surface area contributed by atoms with Crippen molar-refractivity contribution in [3.05, 3.63) is 0 Å². The number of nitrogens with two attached hydrogens (primary N) is 1. The summed E-state index contributed by atoms with van der Waals surface area (Å²) in [5.74, 6) is 0. The molecule has 2 aliphatic rings. The summed E-state index contributed by atoms with van der Waals surface area (Å²) in [7, 11) is 0. The molecule has 1 unspecified atom stereocenters. The molecule has 13 heavy (non-hydrogen) atoms. The minimum atomic E-state index is -0.581. The number of likely N-dealkylation sites (tertiary alicyclic amines) is 1. The topological polar surface area (TPSA) is 49.5 Å². The van der Waals surface area contributed by atoms with Crippen LogP contribution in [0.4, 0.5) is 0 Å². The number of hydrogen-bond donors (Lipinski definition) is 2. The highest BCUT2D eigenvalue weighted by Crippen LogP contribution is 2.29. The number of nitrogens with zero attached hydrogens (tertiary/aromatic N) is 1. The van der Waals surface area contributed by atoms with Crippen LogP contribution in [0.1, 0.15) is 32.1 Å². The van der Waals surface area contributed by atoms with Crippen molar-refractivity contribution in [1.82, 2.24) is 4.90 Å². The van der Waals surface area contributed by atoms with Crippen molar-refractivity contribution in [2.75, 3.05) is 19.6 Å². The van der Waals surface area contributed by atoms with E-state index < -0.39 is 5.60 Å². The van der Waals surface area contributed by atoms with Crippen LogP contribution in [0.3, 0.4) is 0 Å². The molecule has 0 amide bonds. The van der Waals surface area contributed by atoms with Crippen molar-refractivity contribution in [3.63, 3.8) is 0 Å². The van der Waals surface area contributed by atoms with Gasteiger partial charge in [-0.3, -0.25) is 4.90 Å². The summed E-state index contributed by atoms with van der Waals surface area (Å²) in [4.78, 5) is 2.43. The van der Waals surface area contributed by atoms with Crippen molar-refractivity contribution in [2.24, 2.45) is 5.73 Å². The van der Waals surface area contributed by atoms with Gasteiger partial charge < -0.3 is 10.8 Å². The average molecular weight is 184 g/mol. The van der Waals surface area contributed by atoms with E-state index >= 15 is 0 Å². The van der Waals surface area contributed by atoms with Crippen LogP contribution < -0.4 is 5.73 Å². The van der Waals surface area contributed by atoms with E-state index in [-0.39, 0.29) is 0 Å². The Morgan fingerprint density at radius 3 is 2.62 bits per heavy atom. The van der Waals surface area contributed by atoms with Gasteiger partial charge in [0.2, 0.25) is 0 Å². The maximum atomic E-state index is 9.96. The second-order valence-corrected chi connectivity index (χ2v) is 4.59. The van der Waals surface area contributed by atoms with E-state index in [9.17, 15) is 5.11 Å². The first-order valence-electron chi connectivity index (χ1n) is 5.40. The lowest BCUT2D eigenvalue weighted by molar-refractivity contribution is 0.0525. The molecule has 3 heteroatoms. The first-order valence-corrected chi connectivity index (χ1v) is 5.40. The average Bonchev–Trinajstić information content (AvgIpc) is 2.73. The molecule has 1 aliphatic carbocycles. The molecule has 3 nitrogen and oxygen atoms in total. The molecule has 76 valence electrons. The Hall–Kier alpha value is -0.120. The van der Waals surface area contributed by atoms with Crippen LogP contribution in [0.15, 0.2) is 0 Å². The molecule has 0 spiro atoms. The minimum absolute atomic E-state index is 0.413. The van der Waals surface area contributed by atoms with E-state index in [4.69, 9.17) is 5.73 Å². The predicted molar refractivity (Wildman–Crippen MR) is 52.5 cm³/mol. The molecule has 0 aromatic rings. The van der Waals surface area contributed by atoms with Crippen molar-refractivity contribution >= 4 is 0 Å². The Morgan fingerprint density at radius 1 is 1.38 bits per heavy atom. The molecule has 1 heterocycles. The Balaban J connectivity index is 1.90. The van der Waals surface area contributed by atoms with Crippen molar-refractivity contribution in [2.45, 2.75) is 43.7 Å². The van der Waals surface area contributed by atoms with Gasteiger partial charge in [-0.25, -0.2) is 0 Å². The quantitative estimate of drug-likeness (QED) is 0.650. The molecule has 0 bridgehead atoms. The summed E-state index contributed by atoms with van der Waals surface area (Å²) >= 11 is 0. The lowest BCUT2D eigenvalue weighted by atomic mass is 10.0. The maximum absolute atomic E-state index is 9.96. The Kier molecular flexibility index (Phi) is 2.58. The fourth-order valence-corrected chi connectivity index (χ4v) is 2.64. The van der Waals surface area contributed by atoms with Crippen molar-refractivity contribution < 1.29 is 5.11 Å². The van der Waals surface area contributed by atoms with Gasteiger partial charge in [0.05, 0.1) is 5.60 Å². The number of hydrogen-bond acceptors (Lipinski definition) is 3. The molecular formula is C10H20N2O. The summed E-state index contributed by atoms with van der Waals surface area (Å²) in [5.41, 5.74) is 4.97. The molecular weight excluding hydrogens is 164 g/mol. The Labute approximate surface area is 79.9 Å². The smallest absolute Gasteiger partial charge is 0.0907 e. The van der Waals surface area contributed by atoms with E-state index in [1.807, 2.05) is 0 Å². The van der Waals surface area contributed by atoms with Gasteiger partial charge in [-0.15, -0.1) is 0 Å². The van der Waals surface area contributed by atoms with E-state index in [1.54, 1.807) is 0 Å². The first kappa shape index (κ1) is 9.44. The molecule has 0 aromatic heterocycles. The molecule has 1 aliphatic heterocycles. The number of rotatable bonds is 2. The van der Waals surface area contributed by atoms with E-state index in [1.165, 1.54) is 25.7 Å². The van der Waals surface area contributed by atoms with Crippen LogP contribution in [-0.4, -0.2) is 41.3 Å². The minimum Gasteiger partial charge on any atom is -0.387 e. The summed E-state index contributed by atoms with van der Waals surface area (Å²) < 4.78 is 0. The number of aliphatic hydroxyl groups is 1. The lowest BCUT2D eigenvalue weighted by Crippen LogP contribution is -2.42. The van der Waals surface area contributed by atoms with Gasteiger partial charge in [-0.05, 0) is 19.3 Å². The van der Waals surface area contributed by atoms with Crippen LogP contribution in [0, 0.1) is 0 Å². The van der Waals surface area contributed by atoms with Gasteiger partial charge in [0.15, 0.2) is 0 Å².